The summed E-state index contributed by atoms with van der Waals surface area (Å²) in [5.74, 6) is 2.27. The summed E-state index contributed by atoms with van der Waals surface area (Å²) in [5, 5.41) is 0. The van der Waals surface area contributed by atoms with Crippen LogP contribution >= 0.6 is 0 Å². The van der Waals surface area contributed by atoms with E-state index >= 15 is 0 Å². The van der Waals surface area contributed by atoms with Gasteiger partial charge in [-0.2, -0.15) is 0 Å². The monoisotopic (exact) mass is 511 g/mol. The molecule has 0 atom stereocenters. The van der Waals surface area contributed by atoms with Gasteiger partial charge in [-0.25, -0.2) is 4.98 Å². The Morgan fingerprint density at radius 1 is 0.649 bits per heavy atom. The summed E-state index contributed by atoms with van der Waals surface area (Å²) in [6, 6.07) is 13.8. The molecule has 37 heavy (non-hydrogen) atoms. The Hall–Kier alpha value is -2.65. The molecule has 0 radical (unpaired) electrons. The topological polar surface area (TPSA) is 57.5 Å². The van der Waals surface area contributed by atoms with E-state index in [1.165, 1.54) is 0 Å². The van der Waals surface area contributed by atoms with E-state index in [-0.39, 0.29) is 0 Å². The highest BCUT2D eigenvalue weighted by atomic mass is 16.5. The number of rotatable bonds is 17. The van der Waals surface area contributed by atoms with E-state index in [1.807, 2.05) is 42.5 Å². The van der Waals surface area contributed by atoms with Crippen LogP contribution in [0.15, 0.2) is 46.9 Å². The maximum Gasteiger partial charge on any atom is 0.227 e. The fourth-order valence-electron chi connectivity index (χ4n) is 3.83. The Morgan fingerprint density at radius 2 is 1.19 bits per heavy atom. The van der Waals surface area contributed by atoms with Crippen LogP contribution in [0.5, 0.6) is 11.5 Å². The van der Waals surface area contributed by atoms with E-state index in [0.29, 0.717) is 19.1 Å². The molecule has 0 saturated heterocycles. The maximum atomic E-state index is 6.04. The summed E-state index contributed by atoms with van der Waals surface area (Å²) < 4.78 is 17.9. The van der Waals surface area contributed by atoms with Gasteiger partial charge in [0.2, 0.25) is 5.89 Å². The molecule has 0 amide bonds. The van der Waals surface area contributed by atoms with E-state index in [9.17, 15) is 0 Å². The second kappa shape index (κ2) is 14.9. The summed E-state index contributed by atoms with van der Waals surface area (Å²) in [6.45, 7) is 7.66. The Kier molecular flexibility index (Phi) is 11.7. The standard InChI is InChI=1S/C29H45N5O3/c1-31(2)17-19-33(5)15-7-21-35-25-11-9-24(10-12-25)29-30-27-14-13-26(23-28(27)37-29)36-22-8-16-34(6)20-18-32(3)4/h9-14,23H,7-8,15-22H2,1-6H3. The number of likely N-dealkylation sites (N-methyl/N-ethyl adjacent to an activating group) is 4. The molecule has 0 aliphatic carbocycles. The molecule has 8 heteroatoms. The highest BCUT2D eigenvalue weighted by Gasteiger charge is 2.10. The SMILES string of the molecule is CN(C)CCN(C)CCCOc1ccc(-c2nc3ccc(OCCCN(C)CCN(C)C)cc3o2)cc1. The third-order valence-electron chi connectivity index (χ3n) is 6.22. The Morgan fingerprint density at radius 3 is 1.76 bits per heavy atom. The summed E-state index contributed by atoms with van der Waals surface area (Å²) in [7, 11) is 12.7. The Bertz CT molecular complexity index is 1050. The molecule has 1 heterocycles. The molecule has 0 spiro atoms. The lowest BCUT2D eigenvalue weighted by Gasteiger charge is -2.19. The number of aromatic nitrogens is 1. The van der Waals surface area contributed by atoms with Crippen LogP contribution in [0.3, 0.4) is 0 Å². The van der Waals surface area contributed by atoms with Crippen molar-refractivity contribution < 1.29 is 13.9 Å². The molecule has 0 saturated carbocycles. The summed E-state index contributed by atoms with van der Waals surface area (Å²) in [5.41, 5.74) is 2.48. The average Bonchev–Trinajstić information content (AvgIpc) is 3.30. The van der Waals surface area contributed by atoms with Crippen LogP contribution in [-0.4, -0.2) is 119 Å². The molecule has 8 nitrogen and oxygen atoms in total. The summed E-state index contributed by atoms with van der Waals surface area (Å²) in [6.07, 6.45) is 1.97. The fourth-order valence-corrected chi connectivity index (χ4v) is 3.83. The second-order valence-electron chi connectivity index (χ2n) is 10.3. The molecule has 204 valence electrons. The van der Waals surface area contributed by atoms with Crippen molar-refractivity contribution in [1.82, 2.24) is 24.6 Å². The lowest BCUT2D eigenvalue weighted by molar-refractivity contribution is 0.245. The minimum atomic E-state index is 0.601. The first-order valence-electron chi connectivity index (χ1n) is 13.2. The number of benzene rings is 2. The molecule has 2 aromatic carbocycles. The van der Waals surface area contributed by atoms with E-state index in [1.54, 1.807) is 0 Å². The molecule has 3 aromatic rings. The van der Waals surface area contributed by atoms with Gasteiger partial charge in [0.15, 0.2) is 5.58 Å². The van der Waals surface area contributed by atoms with Gasteiger partial charge in [-0.1, -0.05) is 0 Å². The van der Waals surface area contributed by atoms with Crippen molar-refractivity contribution in [3.63, 3.8) is 0 Å². The highest BCUT2D eigenvalue weighted by molar-refractivity contribution is 5.77. The van der Waals surface area contributed by atoms with Crippen molar-refractivity contribution >= 4 is 11.1 Å². The van der Waals surface area contributed by atoms with Crippen molar-refractivity contribution in [1.29, 1.82) is 0 Å². The van der Waals surface area contributed by atoms with E-state index < -0.39 is 0 Å². The van der Waals surface area contributed by atoms with E-state index in [2.05, 4.69) is 66.9 Å². The zero-order valence-electron chi connectivity index (χ0n) is 23.6. The van der Waals surface area contributed by atoms with Crippen molar-refractivity contribution in [2.45, 2.75) is 12.8 Å². The first-order chi connectivity index (χ1) is 17.8. The number of hydrogen-bond acceptors (Lipinski definition) is 8. The Balaban J connectivity index is 1.44. The minimum Gasteiger partial charge on any atom is -0.494 e. The van der Waals surface area contributed by atoms with Gasteiger partial charge in [0.25, 0.3) is 0 Å². The highest BCUT2D eigenvalue weighted by Crippen LogP contribution is 2.28. The molecule has 0 N–H and O–H groups in total. The second-order valence-corrected chi connectivity index (χ2v) is 10.3. The molecular weight excluding hydrogens is 466 g/mol. The molecule has 0 bridgehead atoms. The van der Waals surface area contributed by atoms with Crippen molar-refractivity contribution in [2.75, 3.05) is 94.8 Å². The van der Waals surface area contributed by atoms with Crippen LogP contribution in [-0.2, 0) is 0 Å². The number of ether oxygens (including phenoxy) is 2. The third kappa shape index (κ3) is 10.3. The van der Waals surface area contributed by atoms with E-state index in [4.69, 9.17) is 13.9 Å². The van der Waals surface area contributed by atoms with Gasteiger partial charge in [-0.15, -0.1) is 0 Å². The van der Waals surface area contributed by atoms with Crippen LogP contribution in [0.1, 0.15) is 12.8 Å². The van der Waals surface area contributed by atoms with Crippen LogP contribution < -0.4 is 9.47 Å². The number of oxazole rings is 1. The van der Waals surface area contributed by atoms with Crippen molar-refractivity contribution in [2.24, 2.45) is 0 Å². The van der Waals surface area contributed by atoms with Gasteiger partial charge in [0.1, 0.15) is 17.0 Å². The largest absolute Gasteiger partial charge is 0.494 e. The van der Waals surface area contributed by atoms with Gasteiger partial charge in [0.05, 0.1) is 13.2 Å². The number of fused-ring (bicyclic) bond motifs is 1. The fraction of sp³-hybridized carbons (Fsp3) is 0.552. The van der Waals surface area contributed by atoms with Crippen LogP contribution in [0.4, 0.5) is 0 Å². The molecule has 0 aliphatic rings. The van der Waals surface area contributed by atoms with Crippen LogP contribution in [0.25, 0.3) is 22.6 Å². The molecule has 0 unspecified atom stereocenters. The van der Waals surface area contributed by atoms with Gasteiger partial charge < -0.3 is 33.5 Å². The van der Waals surface area contributed by atoms with Crippen LogP contribution in [0.2, 0.25) is 0 Å². The number of nitrogens with zero attached hydrogens (tertiary/aromatic N) is 5. The quantitative estimate of drug-likeness (QED) is 0.252. The average molecular weight is 512 g/mol. The van der Waals surface area contributed by atoms with Gasteiger partial charge in [-0.05, 0) is 91.5 Å². The Labute approximate surface area is 222 Å². The van der Waals surface area contributed by atoms with Crippen molar-refractivity contribution in [3.8, 4) is 23.0 Å². The predicted molar refractivity (Wildman–Crippen MR) is 152 cm³/mol. The van der Waals surface area contributed by atoms with Crippen molar-refractivity contribution in [3.05, 3.63) is 42.5 Å². The molecular formula is C29H45N5O3. The predicted octanol–water partition coefficient (Wildman–Crippen LogP) is 4.02. The molecule has 3 rings (SSSR count). The summed E-state index contributed by atoms with van der Waals surface area (Å²) >= 11 is 0. The maximum absolute atomic E-state index is 6.04. The lowest BCUT2D eigenvalue weighted by Crippen LogP contribution is -2.29. The van der Waals surface area contributed by atoms with Gasteiger partial charge >= 0.3 is 0 Å². The minimum absolute atomic E-state index is 0.601. The normalized spacial score (nSPS) is 11.9. The van der Waals surface area contributed by atoms with Gasteiger partial charge in [0, 0.05) is 50.9 Å². The van der Waals surface area contributed by atoms with Crippen LogP contribution in [0, 0.1) is 0 Å². The first-order valence-corrected chi connectivity index (χ1v) is 13.2. The van der Waals surface area contributed by atoms with Gasteiger partial charge in [-0.3, -0.25) is 0 Å². The third-order valence-corrected chi connectivity index (χ3v) is 6.22. The molecule has 0 fully saturated rings. The molecule has 0 aliphatic heterocycles. The zero-order valence-corrected chi connectivity index (χ0v) is 23.6. The van der Waals surface area contributed by atoms with E-state index in [0.717, 1.165) is 80.3 Å². The first kappa shape index (κ1) is 28.9. The zero-order chi connectivity index (χ0) is 26.6. The lowest BCUT2D eigenvalue weighted by atomic mass is 10.2. The summed E-state index contributed by atoms with van der Waals surface area (Å²) in [4.78, 5) is 13.7. The molecule has 1 aromatic heterocycles. The number of hydrogen-bond donors (Lipinski definition) is 0. The smallest absolute Gasteiger partial charge is 0.227 e.